The van der Waals surface area contributed by atoms with Gasteiger partial charge in [0.1, 0.15) is 18.1 Å². The van der Waals surface area contributed by atoms with Gasteiger partial charge in [0, 0.05) is 35.8 Å². The molecule has 0 bridgehead atoms. The average Bonchev–Trinajstić information content (AvgIpc) is 3.27. The molecule has 2 aromatic rings. The molecule has 0 radical (unpaired) electrons. The molecule has 202 valence electrons. The first-order valence-electron chi connectivity index (χ1n) is 11.6. The van der Waals surface area contributed by atoms with Gasteiger partial charge in [-0.3, -0.25) is 24.2 Å². The molecule has 0 aliphatic carbocycles. The van der Waals surface area contributed by atoms with Crippen molar-refractivity contribution in [1.82, 2.24) is 20.9 Å². The number of carboxylic acid groups (broad SMARTS) is 1. The fourth-order valence-corrected chi connectivity index (χ4v) is 3.68. The van der Waals surface area contributed by atoms with E-state index in [2.05, 4.69) is 38.6 Å². The van der Waals surface area contributed by atoms with Crippen molar-refractivity contribution < 1.29 is 24.3 Å². The molecule has 0 saturated heterocycles. The number of aromatic amines is 1. The van der Waals surface area contributed by atoms with E-state index in [-0.39, 0.29) is 31.1 Å². The lowest BCUT2D eigenvalue weighted by Crippen LogP contribution is -2.57. The number of nitrogens with one attached hydrogen (secondary N) is 4. The molecule has 1 aromatic heterocycles. The number of thiol groups is 1. The summed E-state index contributed by atoms with van der Waals surface area (Å²) in [6, 6.07) is 3.16. The van der Waals surface area contributed by atoms with Crippen LogP contribution in [0.15, 0.2) is 35.5 Å². The lowest BCUT2D eigenvalue weighted by molar-refractivity contribution is -0.141. The highest BCUT2D eigenvalue weighted by atomic mass is 32.1. The van der Waals surface area contributed by atoms with Gasteiger partial charge < -0.3 is 43.2 Å². The van der Waals surface area contributed by atoms with Gasteiger partial charge in [-0.1, -0.05) is 18.2 Å². The summed E-state index contributed by atoms with van der Waals surface area (Å²) in [7, 11) is 0. The number of fused-ring (bicyclic) bond motifs is 1. The molecule has 13 nitrogen and oxygen atoms in total. The smallest absolute Gasteiger partial charge is 0.325 e. The number of aliphatic carboxylic acids is 1. The van der Waals surface area contributed by atoms with Crippen LogP contribution >= 0.6 is 12.6 Å². The Morgan fingerprint density at radius 2 is 1.70 bits per heavy atom. The number of carbonyl (C=O) groups is 4. The van der Waals surface area contributed by atoms with Gasteiger partial charge in [-0.15, -0.1) is 0 Å². The number of carbonyl (C=O) groups excluding carboxylic acids is 3. The molecule has 1 aromatic carbocycles. The van der Waals surface area contributed by atoms with Crippen molar-refractivity contribution in [3.05, 3.63) is 36.0 Å². The zero-order valence-corrected chi connectivity index (χ0v) is 21.3. The number of para-hydroxylation sites is 1. The van der Waals surface area contributed by atoms with Crippen LogP contribution in [-0.4, -0.2) is 76.2 Å². The topological polar surface area (TPSA) is 231 Å². The summed E-state index contributed by atoms with van der Waals surface area (Å²) in [6.45, 7) is 1.50. The quantitative estimate of drug-likeness (QED) is 0.0602. The third-order valence-electron chi connectivity index (χ3n) is 5.57. The van der Waals surface area contributed by atoms with Crippen molar-refractivity contribution in [3.63, 3.8) is 0 Å². The predicted molar refractivity (Wildman–Crippen MR) is 143 cm³/mol. The molecule has 0 aliphatic heterocycles. The van der Waals surface area contributed by atoms with Crippen LogP contribution in [0.4, 0.5) is 0 Å². The third-order valence-corrected chi connectivity index (χ3v) is 5.97. The highest BCUT2D eigenvalue weighted by Gasteiger charge is 2.29. The van der Waals surface area contributed by atoms with Crippen molar-refractivity contribution in [2.24, 2.45) is 22.2 Å². The summed E-state index contributed by atoms with van der Waals surface area (Å²) in [6.07, 6.45) is 2.28. The summed E-state index contributed by atoms with van der Waals surface area (Å²) in [4.78, 5) is 56.9. The van der Waals surface area contributed by atoms with Gasteiger partial charge in [0.05, 0.1) is 6.04 Å². The molecule has 0 spiro atoms. The number of amides is 3. The molecule has 0 aliphatic rings. The minimum atomic E-state index is -1.23. The maximum atomic E-state index is 13.4. The van der Waals surface area contributed by atoms with Crippen LogP contribution < -0.4 is 33.2 Å². The molecule has 14 heteroatoms. The number of H-pyrrole nitrogens is 1. The SMILES string of the molecule is CC(NC(=O)C(CCCN=C(N)N)NC(=O)C(Cc1c[nH]c2ccccc12)NC(=O)C(N)CS)C(=O)O. The van der Waals surface area contributed by atoms with Gasteiger partial charge >= 0.3 is 5.97 Å². The summed E-state index contributed by atoms with van der Waals surface area (Å²) >= 11 is 4.04. The Morgan fingerprint density at radius 3 is 2.35 bits per heavy atom. The molecule has 0 saturated carbocycles. The van der Waals surface area contributed by atoms with Gasteiger partial charge in [-0.2, -0.15) is 12.6 Å². The van der Waals surface area contributed by atoms with Gasteiger partial charge in [0.2, 0.25) is 17.7 Å². The number of nitrogens with two attached hydrogens (primary N) is 3. The van der Waals surface area contributed by atoms with E-state index in [4.69, 9.17) is 22.3 Å². The second-order valence-electron chi connectivity index (χ2n) is 8.49. The van der Waals surface area contributed by atoms with Gasteiger partial charge in [0.25, 0.3) is 0 Å². The summed E-state index contributed by atoms with van der Waals surface area (Å²) in [5.74, 6) is -3.21. The standard InChI is InChI=1S/C23H34N8O5S/c1-12(22(35)36)29-20(33)17(7-4-8-27-23(25)26)30-21(34)18(31-19(32)15(24)11-37)9-13-10-28-16-6-3-2-5-14(13)16/h2-3,5-6,10,12,15,17-18,28,37H,4,7-9,11,24H2,1H3,(H,29,33)(H,30,34)(H,31,32)(H,35,36)(H4,25,26,27). The summed E-state index contributed by atoms with van der Waals surface area (Å²) in [5.41, 5.74) is 18.1. The van der Waals surface area contributed by atoms with E-state index in [1.165, 1.54) is 6.92 Å². The number of rotatable bonds is 14. The molecule has 4 unspecified atom stereocenters. The first-order chi connectivity index (χ1) is 17.5. The Labute approximate surface area is 219 Å². The number of aromatic nitrogens is 1. The van der Waals surface area contributed by atoms with Crippen LogP contribution in [0.5, 0.6) is 0 Å². The monoisotopic (exact) mass is 534 g/mol. The number of nitrogens with zero attached hydrogens (tertiary/aromatic N) is 1. The third kappa shape index (κ3) is 8.99. The molecular weight excluding hydrogens is 500 g/mol. The first-order valence-corrected chi connectivity index (χ1v) is 12.3. The van der Waals surface area contributed by atoms with Gasteiger partial charge in [-0.25, -0.2) is 0 Å². The maximum absolute atomic E-state index is 13.4. The average molecular weight is 535 g/mol. The van der Waals surface area contributed by atoms with Crippen molar-refractivity contribution >= 4 is 53.2 Å². The fraction of sp³-hybridized carbons (Fsp3) is 0.435. The number of benzene rings is 1. The summed E-state index contributed by atoms with van der Waals surface area (Å²) < 4.78 is 0. The molecule has 11 N–H and O–H groups in total. The number of hydrogen-bond donors (Lipinski definition) is 9. The zero-order valence-electron chi connectivity index (χ0n) is 20.4. The first kappa shape index (κ1) is 29.5. The van der Waals surface area contributed by atoms with Crippen molar-refractivity contribution in [2.45, 2.75) is 50.4 Å². The van der Waals surface area contributed by atoms with E-state index in [9.17, 15) is 19.2 Å². The minimum Gasteiger partial charge on any atom is -0.480 e. The van der Waals surface area contributed by atoms with Gasteiger partial charge in [0.15, 0.2) is 5.96 Å². The number of aliphatic imine (C=N–C) groups is 1. The lowest BCUT2D eigenvalue weighted by Gasteiger charge is -2.24. The Bertz CT molecular complexity index is 1130. The second-order valence-corrected chi connectivity index (χ2v) is 8.86. The van der Waals surface area contributed by atoms with E-state index in [0.717, 1.165) is 16.5 Å². The highest BCUT2D eigenvalue weighted by Crippen LogP contribution is 2.19. The second kappa shape index (κ2) is 14.1. The van der Waals surface area contributed by atoms with Crippen molar-refractivity contribution in [2.75, 3.05) is 12.3 Å². The van der Waals surface area contributed by atoms with Gasteiger partial charge in [-0.05, 0) is 31.4 Å². The molecular formula is C23H34N8O5S. The molecule has 37 heavy (non-hydrogen) atoms. The fourth-order valence-electron chi connectivity index (χ4n) is 3.51. The van der Waals surface area contributed by atoms with E-state index in [1.54, 1.807) is 6.20 Å². The molecule has 2 rings (SSSR count). The van der Waals surface area contributed by atoms with Crippen LogP contribution in [-0.2, 0) is 25.6 Å². The Hall–Kier alpha value is -3.78. The zero-order chi connectivity index (χ0) is 27.5. The molecule has 1 heterocycles. The van der Waals surface area contributed by atoms with Crippen LogP contribution in [0.3, 0.4) is 0 Å². The predicted octanol–water partition coefficient (Wildman–Crippen LogP) is -1.42. The Morgan fingerprint density at radius 1 is 1.05 bits per heavy atom. The highest BCUT2D eigenvalue weighted by molar-refractivity contribution is 7.80. The van der Waals surface area contributed by atoms with Crippen LogP contribution in [0, 0.1) is 0 Å². The van der Waals surface area contributed by atoms with Crippen LogP contribution in [0.1, 0.15) is 25.3 Å². The maximum Gasteiger partial charge on any atom is 0.325 e. The van der Waals surface area contributed by atoms with Crippen molar-refractivity contribution in [3.8, 4) is 0 Å². The van der Waals surface area contributed by atoms with E-state index in [0.29, 0.717) is 6.42 Å². The summed E-state index contributed by atoms with van der Waals surface area (Å²) in [5, 5.41) is 17.6. The Balaban J connectivity index is 2.26. The van der Waals surface area contributed by atoms with Crippen molar-refractivity contribution in [1.29, 1.82) is 0 Å². The normalized spacial score (nSPS) is 14.1. The Kier molecular flexibility index (Phi) is 11.2. The largest absolute Gasteiger partial charge is 0.480 e. The van der Waals surface area contributed by atoms with Crippen LogP contribution in [0.2, 0.25) is 0 Å². The molecule has 0 fully saturated rings. The van der Waals surface area contributed by atoms with E-state index >= 15 is 0 Å². The van der Waals surface area contributed by atoms with E-state index in [1.807, 2.05) is 24.3 Å². The van der Waals surface area contributed by atoms with E-state index < -0.39 is 47.9 Å². The number of guanidine groups is 1. The minimum absolute atomic E-state index is 0.0656. The number of hydrogen-bond acceptors (Lipinski definition) is 7. The molecule has 3 amide bonds. The molecule has 4 atom stereocenters. The van der Waals surface area contributed by atoms with Crippen LogP contribution in [0.25, 0.3) is 10.9 Å². The lowest BCUT2D eigenvalue weighted by atomic mass is 10.0. The number of carboxylic acids is 1.